The molecule has 45 heavy (non-hydrogen) atoms. The van der Waals surface area contributed by atoms with Crippen LogP contribution in [0.3, 0.4) is 0 Å². The lowest BCUT2D eigenvalue weighted by atomic mass is 9.95. The first-order valence-electron chi connectivity index (χ1n) is 15.8. The summed E-state index contributed by atoms with van der Waals surface area (Å²) in [6, 6.07) is 13.6. The average molecular weight is 618 g/mol. The van der Waals surface area contributed by atoms with Gasteiger partial charge < -0.3 is 25.6 Å². The maximum atomic E-state index is 14.3. The fraction of sp³-hybridized carbons (Fsp3) is 0.486. The summed E-state index contributed by atoms with van der Waals surface area (Å²) in [5.74, 6) is -1.03. The van der Waals surface area contributed by atoms with Crippen LogP contribution in [-0.2, 0) is 25.6 Å². The molecule has 10 heteroatoms. The van der Waals surface area contributed by atoms with E-state index in [9.17, 15) is 19.2 Å². The molecule has 3 aliphatic heterocycles. The van der Waals surface area contributed by atoms with Gasteiger partial charge in [-0.15, -0.1) is 0 Å². The van der Waals surface area contributed by atoms with Crippen LogP contribution < -0.4 is 20.7 Å². The number of hydrogen-bond acceptors (Lipinski definition) is 6. The number of benzene rings is 2. The quantitative estimate of drug-likeness (QED) is 0.398. The van der Waals surface area contributed by atoms with Crippen molar-refractivity contribution in [3.63, 3.8) is 0 Å². The van der Waals surface area contributed by atoms with Crippen molar-refractivity contribution < 1.29 is 23.9 Å². The number of ether oxygens (including phenoxy) is 1. The first-order valence-corrected chi connectivity index (χ1v) is 15.8. The van der Waals surface area contributed by atoms with Gasteiger partial charge in [0.2, 0.25) is 23.6 Å². The highest BCUT2D eigenvalue weighted by molar-refractivity contribution is 5.96. The number of rotatable bonds is 9. The summed E-state index contributed by atoms with van der Waals surface area (Å²) in [7, 11) is 3.71. The van der Waals surface area contributed by atoms with E-state index in [4.69, 9.17) is 4.74 Å². The number of likely N-dealkylation sites (tertiary alicyclic amines) is 1. The number of nitrogens with zero attached hydrogens (tertiary/aromatic N) is 2. The van der Waals surface area contributed by atoms with Crippen LogP contribution in [0.2, 0.25) is 0 Å². The highest BCUT2D eigenvalue weighted by Gasteiger charge is 2.47. The van der Waals surface area contributed by atoms with Crippen molar-refractivity contribution in [2.45, 2.75) is 77.2 Å². The summed E-state index contributed by atoms with van der Waals surface area (Å²) in [6.45, 7) is 8.07. The zero-order valence-corrected chi connectivity index (χ0v) is 27.2. The van der Waals surface area contributed by atoms with E-state index in [0.29, 0.717) is 12.2 Å². The van der Waals surface area contributed by atoms with Gasteiger partial charge in [-0.3, -0.25) is 24.1 Å². The molecule has 2 aromatic rings. The SMILES string of the molecule is CC[C@@H](C)[C@@H](C(=O)N[C@H](C(=O)N1CC[C@H]2Oc3ccc(cc3)C=CNC(=O)[C@H](Cc3ccccc3)NC(=O)[C@@H]21)C(C)C)N(C)C. The van der Waals surface area contributed by atoms with Gasteiger partial charge in [-0.25, -0.2) is 0 Å². The van der Waals surface area contributed by atoms with Gasteiger partial charge in [0, 0.05) is 25.6 Å². The largest absolute Gasteiger partial charge is 0.488 e. The molecule has 1 saturated heterocycles. The molecule has 1 fully saturated rings. The summed E-state index contributed by atoms with van der Waals surface area (Å²) in [4.78, 5) is 58.7. The van der Waals surface area contributed by atoms with Crippen molar-refractivity contribution in [3.8, 4) is 5.75 Å². The predicted octanol–water partition coefficient (Wildman–Crippen LogP) is 2.98. The molecular formula is C35H47N5O5. The van der Waals surface area contributed by atoms with E-state index < -0.39 is 36.2 Å². The maximum absolute atomic E-state index is 14.3. The van der Waals surface area contributed by atoms with E-state index >= 15 is 0 Å². The number of amides is 4. The normalized spacial score (nSPS) is 22.1. The molecular weight excluding hydrogens is 570 g/mol. The lowest BCUT2D eigenvalue weighted by Crippen LogP contribution is -2.61. The Morgan fingerprint density at radius 1 is 1.02 bits per heavy atom. The van der Waals surface area contributed by atoms with Gasteiger partial charge in [0.05, 0.1) is 6.04 Å². The van der Waals surface area contributed by atoms with Crippen LogP contribution in [0.5, 0.6) is 5.75 Å². The van der Waals surface area contributed by atoms with Crippen molar-refractivity contribution in [3.05, 3.63) is 71.9 Å². The average Bonchev–Trinajstić information content (AvgIpc) is 3.43. The maximum Gasteiger partial charge on any atom is 0.247 e. The Kier molecular flexibility index (Phi) is 11.4. The van der Waals surface area contributed by atoms with Gasteiger partial charge in [-0.05, 0) is 55.3 Å². The molecule has 5 rings (SSSR count). The molecule has 0 spiro atoms. The third kappa shape index (κ3) is 8.30. The molecule has 0 saturated carbocycles. The second kappa shape index (κ2) is 15.2. The zero-order chi connectivity index (χ0) is 32.7. The molecule has 3 N–H and O–H groups in total. The number of nitrogens with one attached hydrogen (secondary N) is 3. The second-order valence-electron chi connectivity index (χ2n) is 12.6. The third-order valence-electron chi connectivity index (χ3n) is 8.72. The van der Waals surface area contributed by atoms with E-state index in [0.717, 1.165) is 17.5 Å². The van der Waals surface area contributed by atoms with Crippen molar-refractivity contribution in [1.82, 2.24) is 25.8 Å². The van der Waals surface area contributed by atoms with Gasteiger partial charge >= 0.3 is 0 Å². The minimum atomic E-state index is -1.01. The van der Waals surface area contributed by atoms with Crippen molar-refractivity contribution >= 4 is 29.7 Å². The molecule has 0 radical (unpaired) electrons. The Labute approximate surface area is 266 Å². The Balaban J connectivity index is 1.66. The van der Waals surface area contributed by atoms with Crippen molar-refractivity contribution in [2.75, 3.05) is 20.6 Å². The Hall–Kier alpha value is -4.18. The van der Waals surface area contributed by atoms with Gasteiger partial charge in [-0.2, -0.15) is 0 Å². The van der Waals surface area contributed by atoms with E-state index in [1.165, 1.54) is 4.90 Å². The molecule has 0 aliphatic carbocycles. The highest BCUT2D eigenvalue weighted by atomic mass is 16.5. The van der Waals surface area contributed by atoms with Crippen LogP contribution in [0.1, 0.15) is 51.7 Å². The van der Waals surface area contributed by atoms with Gasteiger partial charge in [0.1, 0.15) is 30.0 Å². The molecule has 242 valence electrons. The standard InChI is InChI=1S/C35H47N5O5/c1-7-23(4)30(39(5)6)33(42)38-29(22(2)3)35(44)40-20-18-28-31(40)34(43)37-27(21-25-11-9-8-10-12-25)32(41)36-19-17-24-13-15-26(45-28)16-14-24/h8-17,19,22-23,27-31H,7,18,20-21H2,1-6H3,(H,36,41)(H,37,43)(H,38,42)/t23-,27+,28-,29+,30+,31-/m1/s1. The monoisotopic (exact) mass is 617 g/mol. The summed E-state index contributed by atoms with van der Waals surface area (Å²) in [5.41, 5.74) is 1.75. The van der Waals surface area contributed by atoms with Gasteiger partial charge in [-0.1, -0.05) is 76.6 Å². The third-order valence-corrected chi connectivity index (χ3v) is 8.72. The van der Waals surface area contributed by atoms with Gasteiger partial charge in [0.25, 0.3) is 0 Å². The Bertz CT molecular complexity index is 1360. The van der Waals surface area contributed by atoms with Crippen molar-refractivity contribution in [1.29, 1.82) is 0 Å². The van der Waals surface area contributed by atoms with Crippen LogP contribution in [0.25, 0.3) is 6.08 Å². The minimum absolute atomic E-state index is 0.0757. The molecule has 3 aliphatic rings. The van der Waals surface area contributed by atoms with E-state index in [2.05, 4.69) is 16.0 Å². The smallest absolute Gasteiger partial charge is 0.247 e. The predicted molar refractivity (Wildman–Crippen MR) is 174 cm³/mol. The summed E-state index contributed by atoms with van der Waals surface area (Å²) < 4.78 is 6.33. The second-order valence-corrected chi connectivity index (χ2v) is 12.6. The Morgan fingerprint density at radius 3 is 2.33 bits per heavy atom. The Morgan fingerprint density at radius 2 is 1.71 bits per heavy atom. The lowest BCUT2D eigenvalue weighted by Gasteiger charge is -2.35. The van der Waals surface area contributed by atoms with Crippen LogP contribution in [0.15, 0.2) is 60.8 Å². The van der Waals surface area contributed by atoms with E-state index in [1.807, 2.05) is 89.2 Å². The molecule has 0 aromatic heterocycles. The topological polar surface area (TPSA) is 120 Å². The number of hydrogen-bond donors (Lipinski definition) is 3. The zero-order valence-electron chi connectivity index (χ0n) is 27.2. The van der Waals surface area contributed by atoms with Crippen LogP contribution in [0.4, 0.5) is 0 Å². The van der Waals surface area contributed by atoms with Crippen molar-refractivity contribution in [2.24, 2.45) is 11.8 Å². The minimum Gasteiger partial charge on any atom is -0.488 e. The number of fused-ring (bicyclic) bond motifs is 7. The lowest BCUT2D eigenvalue weighted by molar-refractivity contribution is -0.145. The summed E-state index contributed by atoms with van der Waals surface area (Å²) >= 11 is 0. The highest BCUT2D eigenvalue weighted by Crippen LogP contribution is 2.27. The molecule has 2 aromatic carbocycles. The van der Waals surface area contributed by atoms with Crippen LogP contribution in [0, 0.1) is 11.8 Å². The molecule has 0 unspecified atom stereocenters. The van der Waals surface area contributed by atoms with Gasteiger partial charge in [0.15, 0.2) is 0 Å². The summed E-state index contributed by atoms with van der Waals surface area (Å²) in [5, 5.41) is 8.74. The van der Waals surface area contributed by atoms with Crippen LogP contribution in [-0.4, -0.2) is 84.3 Å². The first kappa shape index (κ1) is 33.7. The molecule has 10 nitrogen and oxygen atoms in total. The van der Waals surface area contributed by atoms with E-state index in [-0.39, 0.29) is 42.5 Å². The molecule has 6 atom stereocenters. The fourth-order valence-electron chi connectivity index (χ4n) is 6.07. The van der Waals surface area contributed by atoms with E-state index in [1.54, 1.807) is 24.4 Å². The summed E-state index contributed by atoms with van der Waals surface area (Å²) in [6.07, 6.45) is 4.15. The molecule has 2 bridgehead atoms. The number of likely N-dealkylation sites (N-methyl/N-ethyl adjacent to an activating group) is 1. The van der Waals surface area contributed by atoms with Crippen LogP contribution >= 0.6 is 0 Å². The fourth-order valence-corrected chi connectivity index (χ4v) is 6.07. The first-order chi connectivity index (χ1) is 21.5. The molecule has 4 amide bonds. The molecule has 3 heterocycles. The number of carbonyl (C=O) groups excluding carboxylic acids is 4. The number of carbonyl (C=O) groups is 4.